The maximum absolute atomic E-state index is 12.3. The summed E-state index contributed by atoms with van der Waals surface area (Å²) >= 11 is 1.07. The van der Waals surface area contributed by atoms with Gasteiger partial charge in [-0.1, -0.05) is 53.0 Å². The molecule has 22 heavy (non-hydrogen) atoms. The first kappa shape index (κ1) is 14.4. The molecule has 0 bridgehead atoms. The number of aryl methyl sites for hydroxylation is 1. The first-order valence-electron chi connectivity index (χ1n) is 6.87. The second-order valence-corrected chi connectivity index (χ2v) is 5.62. The third-order valence-corrected chi connectivity index (χ3v) is 4.00. The molecule has 0 radical (unpaired) electrons. The molecule has 3 rings (SSSR count). The van der Waals surface area contributed by atoms with E-state index in [4.69, 9.17) is 4.74 Å². The van der Waals surface area contributed by atoms with Crippen molar-refractivity contribution in [3.63, 3.8) is 0 Å². The summed E-state index contributed by atoms with van der Waals surface area (Å²) in [6, 6.07) is 17.3. The van der Waals surface area contributed by atoms with Crippen LogP contribution in [0.1, 0.15) is 26.5 Å². The van der Waals surface area contributed by atoms with Gasteiger partial charge in [-0.05, 0) is 35.6 Å². The number of ether oxygens (including phenoxy) is 1. The van der Waals surface area contributed by atoms with Crippen LogP contribution < -0.4 is 4.74 Å². The van der Waals surface area contributed by atoms with Crippen LogP contribution in [0.25, 0.3) is 0 Å². The van der Waals surface area contributed by atoms with Gasteiger partial charge in [0.25, 0.3) is 0 Å². The van der Waals surface area contributed by atoms with Gasteiger partial charge in [0.15, 0.2) is 4.88 Å². The highest BCUT2D eigenvalue weighted by molar-refractivity contribution is 7.07. The van der Waals surface area contributed by atoms with E-state index in [1.807, 2.05) is 55.5 Å². The van der Waals surface area contributed by atoms with Gasteiger partial charge in [0.1, 0.15) is 5.75 Å². The lowest BCUT2D eigenvalue weighted by molar-refractivity contribution is 0.0737. The number of para-hydroxylation sites is 1. The third kappa shape index (κ3) is 3.20. The number of hydrogen-bond acceptors (Lipinski definition) is 5. The fourth-order valence-electron chi connectivity index (χ4n) is 2.09. The minimum absolute atomic E-state index is 0.407. The molecule has 0 saturated heterocycles. The number of hydrogen-bond donors (Lipinski definition) is 0. The zero-order chi connectivity index (χ0) is 15.4. The molecule has 0 aliphatic carbocycles. The molecule has 0 amide bonds. The maximum atomic E-state index is 12.3. The molecule has 3 aromatic rings. The Hall–Kier alpha value is -2.53. The topological polar surface area (TPSA) is 52.1 Å². The van der Waals surface area contributed by atoms with Crippen molar-refractivity contribution in [2.75, 3.05) is 0 Å². The lowest BCUT2D eigenvalue weighted by atomic mass is 10.1. The number of nitrogens with zero attached hydrogens (tertiary/aromatic N) is 2. The largest absolute Gasteiger partial charge is 0.422 e. The monoisotopic (exact) mass is 310 g/mol. The van der Waals surface area contributed by atoms with Crippen molar-refractivity contribution in [3.8, 4) is 5.75 Å². The highest BCUT2D eigenvalue weighted by atomic mass is 32.1. The van der Waals surface area contributed by atoms with Gasteiger partial charge in [0, 0.05) is 6.42 Å². The summed E-state index contributed by atoms with van der Waals surface area (Å²) in [7, 11) is 0. The predicted molar refractivity (Wildman–Crippen MR) is 85.3 cm³/mol. The van der Waals surface area contributed by atoms with Gasteiger partial charge in [0.05, 0.1) is 5.69 Å². The molecule has 0 aliphatic heterocycles. The van der Waals surface area contributed by atoms with E-state index in [-0.39, 0.29) is 0 Å². The molecule has 0 aliphatic rings. The Morgan fingerprint density at radius 1 is 1.09 bits per heavy atom. The number of benzene rings is 2. The van der Waals surface area contributed by atoms with Crippen molar-refractivity contribution in [1.82, 2.24) is 9.59 Å². The number of aromatic nitrogens is 2. The first-order chi connectivity index (χ1) is 10.7. The predicted octanol–water partition coefficient (Wildman–Crippen LogP) is 3.66. The molecule has 2 aromatic carbocycles. The Kier molecular flexibility index (Phi) is 4.25. The van der Waals surface area contributed by atoms with E-state index in [9.17, 15) is 4.79 Å². The van der Waals surface area contributed by atoms with Crippen molar-refractivity contribution in [3.05, 3.63) is 76.3 Å². The fourth-order valence-corrected chi connectivity index (χ4v) is 2.64. The molecular formula is C17H14N2O2S. The van der Waals surface area contributed by atoms with E-state index in [1.165, 1.54) is 0 Å². The van der Waals surface area contributed by atoms with Crippen LogP contribution in [0.4, 0.5) is 0 Å². The van der Waals surface area contributed by atoms with Crippen LogP contribution in [0.15, 0.2) is 54.6 Å². The number of rotatable bonds is 4. The zero-order valence-corrected chi connectivity index (χ0v) is 12.8. The average Bonchev–Trinajstić information content (AvgIpc) is 2.99. The van der Waals surface area contributed by atoms with Crippen LogP contribution in [0.3, 0.4) is 0 Å². The summed E-state index contributed by atoms with van der Waals surface area (Å²) < 4.78 is 9.35. The van der Waals surface area contributed by atoms with Crippen LogP contribution in [0.5, 0.6) is 5.75 Å². The third-order valence-electron chi connectivity index (χ3n) is 3.25. The van der Waals surface area contributed by atoms with Crippen LogP contribution in [0, 0.1) is 6.92 Å². The summed E-state index contributed by atoms with van der Waals surface area (Å²) in [5, 5.41) is 4.06. The van der Waals surface area contributed by atoms with Gasteiger partial charge < -0.3 is 4.74 Å². The van der Waals surface area contributed by atoms with Crippen molar-refractivity contribution >= 4 is 17.5 Å². The van der Waals surface area contributed by atoms with Crippen LogP contribution in [-0.4, -0.2) is 15.6 Å². The lowest BCUT2D eigenvalue weighted by Gasteiger charge is -2.06. The SMILES string of the molecule is Cc1ccccc1OC(=O)c1snnc1Cc1ccccc1. The van der Waals surface area contributed by atoms with Crippen LogP contribution >= 0.6 is 11.5 Å². The highest BCUT2D eigenvalue weighted by Gasteiger charge is 2.19. The number of esters is 1. The standard InChI is InChI=1S/C17H14N2O2S/c1-12-7-5-6-10-15(12)21-17(20)16-14(18-19-22-16)11-13-8-3-2-4-9-13/h2-10H,11H2,1H3. The molecule has 5 heteroatoms. The Morgan fingerprint density at radius 2 is 1.82 bits per heavy atom. The highest BCUT2D eigenvalue weighted by Crippen LogP contribution is 2.21. The number of carbonyl (C=O) groups is 1. The lowest BCUT2D eigenvalue weighted by Crippen LogP contribution is -2.10. The Morgan fingerprint density at radius 3 is 2.59 bits per heavy atom. The van der Waals surface area contributed by atoms with Gasteiger partial charge in [-0.2, -0.15) is 0 Å². The molecule has 0 fully saturated rings. The van der Waals surface area contributed by atoms with Crippen LogP contribution in [0.2, 0.25) is 0 Å². The first-order valence-corrected chi connectivity index (χ1v) is 7.64. The molecule has 1 aromatic heterocycles. The minimum Gasteiger partial charge on any atom is -0.422 e. The minimum atomic E-state index is -0.407. The fraction of sp³-hybridized carbons (Fsp3) is 0.118. The molecule has 0 saturated carbocycles. The van der Waals surface area contributed by atoms with E-state index < -0.39 is 5.97 Å². The second kappa shape index (κ2) is 6.49. The summed E-state index contributed by atoms with van der Waals surface area (Å²) in [5.41, 5.74) is 2.65. The Labute approximate surface area is 132 Å². The zero-order valence-electron chi connectivity index (χ0n) is 12.0. The van der Waals surface area contributed by atoms with Gasteiger partial charge in [0.2, 0.25) is 0 Å². The van der Waals surface area contributed by atoms with Crippen molar-refractivity contribution in [2.45, 2.75) is 13.3 Å². The van der Waals surface area contributed by atoms with E-state index in [0.717, 1.165) is 22.7 Å². The van der Waals surface area contributed by atoms with E-state index in [1.54, 1.807) is 6.07 Å². The maximum Gasteiger partial charge on any atom is 0.357 e. The Balaban J connectivity index is 1.79. The molecule has 0 atom stereocenters. The van der Waals surface area contributed by atoms with Gasteiger partial charge in [-0.25, -0.2) is 4.79 Å². The van der Waals surface area contributed by atoms with Crippen molar-refractivity contribution in [1.29, 1.82) is 0 Å². The second-order valence-electron chi connectivity index (χ2n) is 4.87. The molecule has 4 nitrogen and oxygen atoms in total. The summed E-state index contributed by atoms with van der Waals surface area (Å²) in [6.45, 7) is 1.90. The van der Waals surface area contributed by atoms with Crippen molar-refractivity contribution in [2.24, 2.45) is 0 Å². The van der Waals surface area contributed by atoms with E-state index >= 15 is 0 Å². The number of carbonyl (C=O) groups excluding carboxylic acids is 1. The molecule has 1 heterocycles. The quantitative estimate of drug-likeness (QED) is 0.545. The van der Waals surface area contributed by atoms with Crippen molar-refractivity contribution < 1.29 is 9.53 Å². The molecule has 0 N–H and O–H groups in total. The normalized spacial score (nSPS) is 10.4. The Bertz CT molecular complexity index is 784. The molecular weight excluding hydrogens is 296 g/mol. The summed E-state index contributed by atoms with van der Waals surface area (Å²) in [5.74, 6) is 0.154. The smallest absolute Gasteiger partial charge is 0.357 e. The molecule has 0 unspecified atom stereocenters. The van der Waals surface area contributed by atoms with Crippen LogP contribution in [-0.2, 0) is 6.42 Å². The van der Waals surface area contributed by atoms with E-state index in [2.05, 4.69) is 9.59 Å². The van der Waals surface area contributed by atoms with E-state index in [0.29, 0.717) is 22.7 Å². The van der Waals surface area contributed by atoms with Gasteiger partial charge in [-0.15, -0.1) is 5.10 Å². The molecule has 110 valence electrons. The van der Waals surface area contributed by atoms with Gasteiger partial charge >= 0.3 is 5.97 Å². The summed E-state index contributed by atoms with van der Waals surface area (Å²) in [4.78, 5) is 12.8. The molecule has 0 spiro atoms. The summed E-state index contributed by atoms with van der Waals surface area (Å²) in [6.07, 6.45) is 0.565. The van der Waals surface area contributed by atoms with Gasteiger partial charge in [-0.3, -0.25) is 0 Å². The average molecular weight is 310 g/mol.